The van der Waals surface area contributed by atoms with Crippen molar-refractivity contribution in [3.8, 4) is 17.5 Å². The maximum atomic E-state index is 15.0. The van der Waals surface area contributed by atoms with Gasteiger partial charge in [-0.2, -0.15) is 8.42 Å². The lowest BCUT2D eigenvalue weighted by atomic mass is 9.92. The Morgan fingerprint density at radius 1 is 1.12 bits per heavy atom. The van der Waals surface area contributed by atoms with Crippen LogP contribution in [0.15, 0.2) is 66.8 Å². The van der Waals surface area contributed by atoms with Crippen molar-refractivity contribution in [1.82, 2.24) is 19.7 Å². The molecule has 3 aromatic rings. The van der Waals surface area contributed by atoms with Crippen molar-refractivity contribution in [2.24, 2.45) is 0 Å². The Morgan fingerprint density at radius 2 is 1.88 bits per heavy atom. The lowest BCUT2D eigenvalue weighted by Crippen LogP contribution is -2.27. The average Bonchev–Trinajstić information content (AvgIpc) is 2.80. The molecule has 0 bridgehead atoms. The Bertz CT molecular complexity index is 1360. The molecule has 0 radical (unpaired) electrons. The van der Waals surface area contributed by atoms with E-state index in [9.17, 15) is 8.42 Å². The highest BCUT2D eigenvalue weighted by molar-refractivity contribution is 7.90. The largest absolute Gasteiger partial charge is 0.453 e. The van der Waals surface area contributed by atoms with Crippen LogP contribution in [0.1, 0.15) is 18.1 Å². The van der Waals surface area contributed by atoms with Gasteiger partial charge >= 0.3 is 6.01 Å². The predicted octanol–water partition coefficient (Wildman–Crippen LogP) is 3.60. The Labute approximate surface area is 190 Å². The van der Waals surface area contributed by atoms with Gasteiger partial charge in [0.15, 0.2) is 23.1 Å². The van der Waals surface area contributed by atoms with E-state index in [2.05, 4.69) is 31.0 Å². The molecular formula is C22H20FN5O4S. The van der Waals surface area contributed by atoms with Gasteiger partial charge in [-0.15, -0.1) is 0 Å². The SMILES string of the molecule is C=C1Oc2c(Oc3ncccn3)cccc2C(C)=C1Cc1ccnc(NS(=O)(=O)NC)c1F. The molecule has 0 spiro atoms. The molecule has 1 aromatic carbocycles. The summed E-state index contributed by atoms with van der Waals surface area (Å²) in [4.78, 5) is 11.9. The van der Waals surface area contributed by atoms with Crippen molar-refractivity contribution in [2.75, 3.05) is 11.8 Å². The second-order valence-electron chi connectivity index (χ2n) is 7.01. The minimum absolute atomic E-state index is 0.111. The number of nitrogens with zero attached hydrogens (tertiary/aromatic N) is 3. The third kappa shape index (κ3) is 4.69. The van der Waals surface area contributed by atoms with Crippen LogP contribution < -0.4 is 18.9 Å². The van der Waals surface area contributed by atoms with Gasteiger partial charge in [0.1, 0.15) is 5.76 Å². The third-order valence-electron chi connectivity index (χ3n) is 4.98. The van der Waals surface area contributed by atoms with Crippen molar-refractivity contribution in [3.63, 3.8) is 0 Å². The Balaban J connectivity index is 1.68. The predicted molar refractivity (Wildman–Crippen MR) is 120 cm³/mol. The molecule has 0 atom stereocenters. The Kier molecular flexibility index (Phi) is 6.07. The molecule has 0 unspecified atom stereocenters. The highest BCUT2D eigenvalue weighted by atomic mass is 32.2. The maximum absolute atomic E-state index is 15.0. The summed E-state index contributed by atoms with van der Waals surface area (Å²) in [7, 11) is -2.71. The summed E-state index contributed by atoms with van der Waals surface area (Å²) in [6.07, 6.45) is 4.57. The average molecular weight is 469 g/mol. The smallest absolute Gasteiger partial charge is 0.321 e. The van der Waals surface area contributed by atoms with Crippen LogP contribution in [0.5, 0.6) is 17.5 Å². The molecule has 0 fully saturated rings. The first-order chi connectivity index (χ1) is 15.8. The highest BCUT2D eigenvalue weighted by Gasteiger charge is 2.26. The summed E-state index contributed by atoms with van der Waals surface area (Å²) in [6.45, 7) is 5.86. The Hall–Kier alpha value is -3.83. The van der Waals surface area contributed by atoms with Crippen molar-refractivity contribution < 1.29 is 22.3 Å². The third-order valence-corrected chi connectivity index (χ3v) is 5.98. The number of pyridine rings is 1. The summed E-state index contributed by atoms with van der Waals surface area (Å²) < 4.78 is 54.3. The van der Waals surface area contributed by atoms with Gasteiger partial charge in [-0.1, -0.05) is 18.7 Å². The minimum Gasteiger partial charge on any atom is -0.453 e. The molecule has 170 valence electrons. The summed E-state index contributed by atoms with van der Waals surface area (Å²) in [5, 5.41) is 0. The van der Waals surface area contributed by atoms with Gasteiger partial charge in [0.25, 0.3) is 10.2 Å². The van der Waals surface area contributed by atoms with Gasteiger partial charge in [0.2, 0.25) is 0 Å². The molecule has 1 aliphatic rings. The first-order valence-electron chi connectivity index (χ1n) is 9.79. The van der Waals surface area contributed by atoms with E-state index < -0.39 is 21.8 Å². The number of hydrogen-bond donors (Lipinski definition) is 2. The zero-order valence-corrected chi connectivity index (χ0v) is 18.6. The van der Waals surface area contributed by atoms with E-state index >= 15 is 4.39 Å². The van der Waals surface area contributed by atoms with E-state index in [0.29, 0.717) is 22.8 Å². The molecule has 33 heavy (non-hydrogen) atoms. The molecule has 2 N–H and O–H groups in total. The molecule has 9 nitrogen and oxygen atoms in total. The van der Waals surface area contributed by atoms with E-state index in [-0.39, 0.29) is 18.0 Å². The normalized spacial score (nSPS) is 13.4. The zero-order chi connectivity index (χ0) is 23.6. The second kappa shape index (κ2) is 8.96. The highest BCUT2D eigenvalue weighted by Crippen LogP contribution is 2.44. The molecular weight excluding hydrogens is 449 g/mol. The van der Waals surface area contributed by atoms with E-state index in [1.807, 2.05) is 13.0 Å². The van der Waals surface area contributed by atoms with Gasteiger partial charge in [-0.05, 0) is 36.3 Å². The quantitative estimate of drug-likeness (QED) is 0.543. The van der Waals surface area contributed by atoms with Gasteiger partial charge in [0, 0.05) is 43.2 Å². The van der Waals surface area contributed by atoms with Crippen molar-refractivity contribution in [2.45, 2.75) is 13.3 Å². The lowest BCUT2D eigenvalue weighted by molar-refractivity contribution is 0.376. The number of nitrogens with one attached hydrogen (secondary N) is 2. The summed E-state index contributed by atoms with van der Waals surface area (Å²) in [5.41, 5.74) is 2.44. The number of aromatic nitrogens is 3. The van der Waals surface area contributed by atoms with Crippen LogP contribution in [0.3, 0.4) is 0 Å². The first-order valence-corrected chi connectivity index (χ1v) is 11.3. The monoisotopic (exact) mass is 469 g/mol. The van der Waals surface area contributed by atoms with Crippen LogP contribution in [-0.2, 0) is 16.6 Å². The molecule has 0 saturated carbocycles. The second-order valence-corrected chi connectivity index (χ2v) is 8.63. The van der Waals surface area contributed by atoms with Crippen LogP contribution in [0, 0.1) is 5.82 Å². The molecule has 2 aromatic heterocycles. The molecule has 4 rings (SSSR count). The number of para-hydroxylation sites is 1. The number of ether oxygens (including phenoxy) is 2. The zero-order valence-electron chi connectivity index (χ0n) is 17.8. The number of hydrogen-bond acceptors (Lipinski definition) is 7. The molecule has 0 saturated heterocycles. The molecule has 0 amide bonds. The van der Waals surface area contributed by atoms with E-state index in [0.717, 1.165) is 11.1 Å². The maximum Gasteiger partial charge on any atom is 0.321 e. The Morgan fingerprint density at radius 3 is 2.61 bits per heavy atom. The number of anilines is 1. The van der Waals surface area contributed by atoms with Crippen LogP contribution in [0.2, 0.25) is 0 Å². The van der Waals surface area contributed by atoms with Gasteiger partial charge in [-0.3, -0.25) is 4.72 Å². The number of halogens is 1. The summed E-state index contributed by atoms with van der Waals surface area (Å²) in [5.74, 6) is -0.000469. The van der Waals surface area contributed by atoms with Crippen LogP contribution in [0.4, 0.5) is 10.2 Å². The molecule has 1 aliphatic heterocycles. The van der Waals surface area contributed by atoms with E-state index in [4.69, 9.17) is 9.47 Å². The van der Waals surface area contributed by atoms with Crippen molar-refractivity contribution >= 4 is 21.6 Å². The summed E-state index contributed by atoms with van der Waals surface area (Å²) in [6, 6.07) is 8.70. The molecule has 3 heterocycles. The number of benzene rings is 1. The molecule has 11 heteroatoms. The summed E-state index contributed by atoms with van der Waals surface area (Å²) >= 11 is 0. The van der Waals surface area contributed by atoms with E-state index in [1.54, 1.807) is 30.6 Å². The van der Waals surface area contributed by atoms with Gasteiger partial charge in [-0.25, -0.2) is 24.1 Å². The van der Waals surface area contributed by atoms with Crippen LogP contribution in [0.25, 0.3) is 5.57 Å². The number of rotatable bonds is 7. The minimum atomic E-state index is -3.92. The lowest BCUT2D eigenvalue weighted by Gasteiger charge is -2.25. The van der Waals surface area contributed by atoms with E-state index in [1.165, 1.54) is 19.3 Å². The fourth-order valence-corrected chi connectivity index (χ4v) is 3.78. The first kappa shape index (κ1) is 22.4. The van der Waals surface area contributed by atoms with Crippen LogP contribution in [-0.4, -0.2) is 30.4 Å². The standard InChI is InChI=1S/C22H20FN5O4S/c1-13-16-6-4-7-18(32-22-26-9-5-10-27-22)20(16)31-14(2)17(13)12-15-8-11-25-21(19(15)23)28-33(29,30)24-3/h4-11,24H,2,12H2,1,3H3,(H,25,28). The van der Waals surface area contributed by atoms with Crippen molar-refractivity contribution in [3.05, 3.63) is 83.8 Å². The molecule has 0 aliphatic carbocycles. The fraction of sp³-hybridized carbons (Fsp3) is 0.136. The van der Waals surface area contributed by atoms with Gasteiger partial charge in [0.05, 0.1) is 0 Å². The van der Waals surface area contributed by atoms with Gasteiger partial charge < -0.3 is 9.47 Å². The van der Waals surface area contributed by atoms with Crippen LogP contribution >= 0.6 is 0 Å². The fourth-order valence-electron chi connectivity index (χ4n) is 3.28. The number of fused-ring (bicyclic) bond motifs is 1. The van der Waals surface area contributed by atoms with Crippen molar-refractivity contribution in [1.29, 1.82) is 0 Å². The number of allylic oxidation sites excluding steroid dienone is 2. The topological polar surface area (TPSA) is 115 Å².